The highest BCUT2D eigenvalue weighted by molar-refractivity contribution is 6.45. The van der Waals surface area contributed by atoms with Gasteiger partial charge in [0.1, 0.15) is 11.9 Å². The van der Waals surface area contributed by atoms with Crippen LogP contribution in [0.5, 0.6) is 0 Å². The molecule has 6 heteroatoms. The molecule has 158 valence electrons. The molecule has 0 spiro atoms. The molecule has 1 amide bonds. The van der Waals surface area contributed by atoms with Gasteiger partial charge in [-0.05, 0) is 30.7 Å². The van der Waals surface area contributed by atoms with Crippen LogP contribution in [-0.4, -0.2) is 26.2 Å². The first-order chi connectivity index (χ1) is 15.5. The van der Waals surface area contributed by atoms with E-state index in [2.05, 4.69) is 10.3 Å². The Hall–Kier alpha value is -4.19. The molecule has 6 nitrogen and oxygen atoms in total. The normalized spacial score (nSPS) is 12.2. The fourth-order valence-electron chi connectivity index (χ4n) is 4.24. The number of aromatic nitrogens is 3. The lowest BCUT2D eigenvalue weighted by molar-refractivity contribution is -0.117. The topological polar surface area (TPSA) is 79.8 Å². The fraction of sp³-hybridized carbons (Fsp3) is 0.115. The molecule has 0 fully saturated rings. The predicted molar refractivity (Wildman–Crippen MR) is 125 cm³/mol. The van der Waals surface area contributed by atoms with Gasteiger partial charge in [-0.2, -0.15) is 0 Å². The number of carbonyl (C=O) groups is 2. The Kier molecular flexibility index (Phi) is 4.82. The minimum absolute atomic E-state index is 0.398. The van der Waals surface area contributed by atoms with E-state index in [0.29, 0.717) is 17.1 Å². The van der Waals surface area contributed by atoms with E-state index in [9.17, 15) is 9.59 Å². The summed E-state index contributed by atoms with van der Waals surface area (Å²) in [5.41, 5.74) is 4.54. The highest BCUT2D eigenvalue weighted by atomic mass is 16.2. The van der Waals surface area contributed by atoms with Crippen molar-refractivity contribution in [3.05, 3.63) is 102 Å². The van der Waals surface area contributed by atoms with Gasteiger partial charge in [0.05, 0.1) is 16.6 Å². The number of hydrogen-bond donors (Lipinski definition) is 2. The molecule has 1 atom stereocenters. The highest BCUT2D eigenvalue weighted by Crippen LogP contribution is 2.26. The van der Waals surface area contributed by atoms with Crippen molar-refractivity contribution in [3.8, 4) is 0 Å². The molecule has 0 saturated carbocycles. The number of H-pyrrole nitrogens is 1. The third-order valence-electron chi connectivity index (χ3n) is 5.82. The van der Waals surface area contributed by atoms with Gasteiger partial charge in [0.25, 0.3) is 11.7 Å². The van der Waals surface area contributed by atoms with Crippen molar-refractivity contribution in [2.45, 2.75) is 13.0 Å². The molecule has 2 N–H and O–H groups in total. The number of nitrogens with one attached hydrogen (secondary N) is 2. The van der Waals surface area contributed by atoms with Gasteiger partial charge in [-0.25, -0.2) is 4.98 Å². The van der Waals surface area contributed by atoms with Crippen molar-refractivity contribution in [2.24, 2.45) is 7.05 Å². The number of benzene rings is 3. The van der Waals surface area contributed by atoms with Gasteiger partial charge in [-0.3, -0.25) is 9.59 Å². The second kappa shape index (κ2) is 7.81. The van der Waals surface area contributed by atoms with Gasteiger partial charge in [0.2, 0.25) is 0 Å². The van der Waals surface area contributed by atoms with E-state index in [1.54, 1.807) is 6.92 Å². The maximum Gasteiger partial charge on any atom is 0.293 e. The van der Waals surface area contributed by atoms with Crippen LogP contribution < -0.4 is 5.32 Å². The monoisotopic (exact) mass is 422 g/mol. The number of hydrogen-bond acceptors (Lipinski definition) is 3. The van der Waals surface area contributed by atoms with Crippen LogP contribution >= 0.6 is 0 Å². The van der Waals surface area contributed by atoms with Crippen LogP contribution in [0.15, 0.2) is 78.9 Å². The van der Waals surface area contributed by atoms with E-state index in [4.69, 9.17) is 4.98 Å². The minimum Gasteiger partial charge on any atom is -0.358 e. The first-order valence-corrected chi connectivity index (χ1v) is 10.4. The van der Waals surface area contributed by atoms with E-state index in [0.717, 1.165) is 27.5 Å². The summed E-state index contributed by atoms with van der Waals surface area (Å²) in [4.78, 5) is 34.4. The summed E-state index contributed by atoms with van der Waals surface area (Å²) in [5, 5.41) is 3.69. The summed E-state index contributed by atoms with van der Waals surface area (Å²) in [5.74, 6) is -0.576. The molecule has 0 aliphatic carbocycles. The predicted octanol–water partition coefficient (Wildman–Crippen LogP) is 4.45. The zero-order valence-electron chi connectivity index (χ0n) is 17.8. The maximum atomic E-state index is 13.2. The van der Waals surface area contributed by atoms with Gasteiger partial charge >= 0.3 is 0 Å². The average molecular weight is 422 g/mol. The van der Waals surface area contributed by atoms with E-state index < -0.39 is 17.7 Å². The van der Waals surface area contributed by atoms with Gasteiger partial charge in [0.15, 0.2) is 0 Å². The number of ketones is 1. The zero-order chi connectivity index (χ0) is 22.2. The molecule has 32 heavy (non-hydrogen) atoms. The molecule has 2 heterocycles. The standard InChI is InChI=1S/C26H22N4O2/c1-16-22(18-12-6-7-13-19(18)27-16)24(31)26(32)29-23(17-10-4-3-5-11-17)25-28-20-14-8-9-15-21(20)30(25)2/h3-15,23,27H,1-2H3,(H,29,32). The van der Waals surface area contributed by atoms with Gasteiger partial charge < -0.3 is 14.9 Å². The number of aromatic amines is 1. The number of imidazole rings is 1. The molecule has 5 aromatic rings. The number of aryl methyl sites for hydroxylation is 2. The summed E-state index contributed by atoms with van der Waals surface area (Å²) >= 11 is 0. The third-order valence-corrected chi connectivity index (χ3v) is 5.82. The number of nitrogens with zero attached hydrogens (tertiary/aromatic N) is 2. The van der Waals surface area contributed by atoms with Crippen LogP contribution in [0, 0.1) is 6.92 Å². The Morgan fingerprint density at radius 2 is 1.62 bits per heavy atom. The summed E-state index contributed by atoms with van der Waals surface area (Å²) < 4.78 is 1.95. The fourth-order valence-corrected chi connectivity index (χ4v) is 4.24. The molecule has 0 saturated heterocycles. The third kappa shape index (κ3) is 3.26. The van der Waals surface area contributed by atoms with Crippen molar-refractivity contribution in [3.63, 3.8) is 0 Å². The van der Waals surface area contributed by atoms with Crippen LogP contribution in [0.4, 0.5) is 0 Å². The number of Topliss-reactive ketones (excluding diaryl/α,β-unsaturated/α-hetero) is 1. The highest BCUT2D eigenvalue weighted by Gasteiger charge is 2.28. The second-order valence-corrected chi connectivity index (χ2v) is 7.83. The zero-order valence-corrected chi connectivity index (χ0v) is 17.8. The van der Waals surface area contributed by atoms with E-state index in [1.807, 2.05) is 90.5 Å². The summed E-state index contributed by atoms with van der Waals surface area (Å²) in [6.45, 7) is 1.81. The van der Waals surface area contributed by atoms with Gasteiger partial charge in [0, 0.05) is 23.6 Å². The molecule has 0 radical (unpaired) electrons. The molecule has 0 aliphatic rings. The molecule has 5 rings (SSSR count). The summed E-state index contributed by atoms with van der Waals surface area (Å²) in [6.07, 6.45) is 0. The van der Waals surface area contributed by atoms with E-state index >= 15 is 0 Å². The second-order valence-electron chi connectivity index (χ2n) is 7.83. The maximum absolute atomic E-state index is 13.2. The van der Waals surface area contributed by atoms with Crippen LogP contribution in [0.3, 0.4) is 0 Å². The van der Waals surface area contributed by atoms with Crippen LogP contribution in [0.2, 0.25) is 0 Å². The molecule has 2 aromatic heterocycles. The first kappa shape index (κ1) is 19.8. The molecule has 1 unspecified atom stereocenters. The number of rotatable bonds is 5. The Morgan fingerprint density at radius 3 is 2.41 bits per heavy atom. The Morgan fingerprint density at radius 1 is 0.938 bits per heavy atom. The van der Waals surface area contributed by atoms with Crippen LogP contribution in [-0.2, 0) is 11.8 Å². The number of fused-ring (bicyclic) bond motifs is 2. The smallest absolute Gasteiger partial charge is 0.293 e. The lowest BCUT2D eigenvalue weighted by Gasteiger charge is -2.19. The minimum atomic E-state index is -0.668. The molecule has 0 aliphatic heterocycles. The van der Waals surface area contributed by atoms with Crippen LogP contribution in [0.1, 0.15) is 33.5 Å². The van der Waals surface area contributed by atoms with Crippen molar-refractivity contribution in [2.75, 3.05) is 0 Å². The van der Waals surface area contributed by atoms with Crippen molar-refractivity contribution in [1.29, 1.82) is 0 Å². The first-order valence-electron chi connectivity index (χ1n) is 10.4. The Balaban J connectivity index is 1.55. The molecule has 0 bridgehead atoms. The largest absolute Gasteiger partial charge is 0.358 e. The van der Waals surface area contributed by atoms with E-state index in [1.165, 1.54) is 0 Å². The lowest BCUT2D eigenvalue weighted by Crippen LogP contribution is -2.36. The Bertz CT molecular complexity index is 1460. The SMILES string of the molecule is Cc1[nH]c2ccccc2c1C(=O)C(=O)NC(c1ccccc1)c1nc2ccccc2n1C. The van der Waals surface area contributed by atoms with Crippen LogP contribution in [0.25, 0.3) is 21.9 Å². The van der Waals surface area contributed by atoms with Crippen molar-refractivity contribution in [1.82, 2.24) is 19.9 Å². The average Bonchev–Trinajstić information content (AvgIpc) is 3.33. The summed E-state index contributed by atoms with van der Waals surface area (Å²) in [6, 6.07) is 24.3. The van der Waals surface area contributed by atoms with Gasteiger partial charge in [-0.15, -0.1) is 0 Å². The molecular weight excluding hydrogens is 400 g/mol. The molecular formula is C26H22N4O2. The number of carbonyl (C=O) groups excluding carboxylic acids is 2. The molecule has 3 aromatic carbocycles. The van der Waals surface area contributed by atoms with E-state index in [-0.39, 0.29) is 0 Å². The number of para-hydroxylation sites is 3. The number of amides is 1. The summed E-state index contributed by atoms with van der Waals surface area (Å²) in [7, 11) is 1.92. The van der Waals surface area contributed by atoms with Crippen molar-refractivity contribution < 1.29 is 9.59 Å². The van der Waals surface area contributed by atoms with Gasteiger partial charge in [-0.1, -0.05) is 60.7 Å². The lowest BCUT2D eigenvalue weighted by atomic mass is 10.0. The quantitative estimate of drug-likeness (QED) is 0.324. The van der Waals surface area contributed by atoms with Crippen molar-refractivity contribution >= 4 is 33.6 Å². The Labute approximate surface area is 184 Å².